The lowest BCUT2D eigenvalue weighted by molar-refractivity contribution is -0.128. The van der Waals surface area contributed by atoms with E-state index >= 15 is 0 Å². The molecule has 0 radical (unpaired) electrons. The third-order valence-corrected chi connectivity index (χ3v) is 4.96. The van der Waals surface area contributed by atoms with Gasteiger partial charge in [0.15, 0.2) is 0 Å². The number of nitrogens with zero attached hydrogens (tertiary/aromatic N) is 5. The van der Waals surface area contributed by atoms with Crippen LogP contribution in [0, 0.1) is 12.8 Å². The van der Waals surface area contributed by atoms with Crippen LogP contribution in [0.3, 0.4) is 0 Å². The minimum atomic E-state index is -0.486. The van der Waals surface area contributed by atoms with E-state index in [1.807, 2.05) is 45.1 Å². The fraction of sp³-hybridized carbons (Fsp3) is 0.444. The Hall–Kier alpha value is -2.90. The molecule has 26 heavy (non-hydrogen) atoms. The fourth-order valence-corrected chi connectivity index (χ4v) is 3.30. The molecular weight excluding hydrogens is 332 g/mol. The zero-order valence-corrected chi connectivity index (χ0v) is 15.7. The predicted molar refractivity (Wildman–Crippen MR) is 98.8 cm³/mol. The lowest BCUT2D eigenvalue weighted by Gasteiger charge is -2.24. The van der Waals surface area contributed by atoms with Gasteiger partial charge in [-0.15, -0.1) is 0 Å². The normalized spacial score (nSPS) is 19.7. The largest absolute Gasteiger partial charge is 0.363 e. The molecule has 1 aliphatic heterocycles. The highest BCUT2D eigenvalue weighted by atomic mass is 16.2. The SMILES string of the molecule is Cc1c([C@@H]2[C@@H](C(=O)Nc3cccc(N(C)C)n3)CC(=O)N2C)cnn1C. The summed E-state index contributed by atoms with van der Waals surface area (Å²) < 4.78 is 1.75. The molecular formula is C18H24N6O2. The molecule has 2 aromatic rings. The molecule has 0 unspecified atom stereocenters. The number of aromatic nitrogens is 3. The van der Waals surface area contributed by atoms with E-state index in [2.05, 4.69) is 15.4 Å². The Morgan fingerprint density at radius 3 is 2.65 bits per heavy atom. The first-order valence-electron chi connectivity index (χ1n) is 8.49. The molecule has 1 fully saturated rings. The number of amides is 2. The Kier molecular flexibility index (Phi) is 4.67. The van der Waals surface area contributed by atoms with Crippen LogP contribution in [-0.2, 0) is 16.6 Å². The molecule has 2 atom stereocenters. The van der Waals surface area contributed by atoms with Crippen LogP contribution in [0.5, 0.6) is 0 Å². The van der Waals surface area contributed by atoms with Crippen molar-refractivity contribution in [3.8, 4) is 0 Å². The van der Waals surface area contributed by atoms with Gasteiger partial charge in [0.2, 0.25) is 11.8 Å². The molecule has 0 bridgehead atoms. The molecule has 0 spiro atoms. The van der Waals surface area contributed by atoms with E-state index in [9.17, 15) is 9.59 Å². The van der Waals surface area contributed by atoms with Crippen LogP contribution in [0.2, 0.25) is 0 Å². The maximum Gasteiger partial charge on any atom is 0.231 e. The maximum atomic E-state index is 12.9. The third kappa shape index (κ3) is 3.14. The summed E-state index contributed by atoms with van der Waals surface area (Å²) in [6.45, 7) is 1.94. The average Bonchev–Trinajstić information content (AvgIpc) is 3.08. The average molecular weight is 356 g/mol. The Balaban J connectivity index is 1.86. The molecule has 8 nitrogen and oxygen atoms in total. The Labute approximate surface area is 152 Å². The van der Waals surface area contributed by atoms with Crippen LogP contribution >= 0.6 is 0 Å². The second-order valence-electron chi connectivity index (χ2n) is 6.83. The first-order valence-corrected chi connectivity index (χ1v) is 8.49. The number of rotatable bonds is 4. The van der Waals surface area contributed by atoms with Crippen molar-refractivity contribution >= 4 is 23.5 Å². The van der Waals surface area contributed by atoms with E-state index in [-0.39, 0.29) is 24.3 Å². The minimum Gasteiger partial charge on any atom is -0.363 e. The van der Waals surface area contributed by atoms with Gasteiger partial charge in [-0.2, -0.15) is 5.10 Å². The number of hydrogen-bond acceptors (Lipinski definition) is 5. The lowest BCUT2D eigenvalue weighted by Crippen LogP contribution is -2.30. The Bertz CT molecular complexity index is 844. The summed E-state index contributed by atoms with van der Waals surface area (Å²) in [5.74, 6) is 0.486. The highest BCUT2D eigenvalue weighted by molar-refractivity contribution is 5.97. The van der Waals surface area contributed by atoms with Gasteiger partial charge in [0.1, 0.15) is 11.6 Å². The van der Waals surface area contributed by atoms with Gasteiger partial charge in [-0.3, -0.25) is 14.3 Å². The summed E-state index contributed by atoms with van der Waals surface area (Å²) in [7, 11) is 7.36. The second kappa shape index (κ2) is 6.78. The molecule has 138 valence electrons. The van der Waals surface area contributed by atoms with E-state index in [1.54, 1.807) is 28.9 Å². The Morgan fingerprint density at radius 2 is 2.04 bits per heavy atom. The van der Waals surface area contributed by atoms with E-state index in [4.69, 9.17) is 0 Å². The monoisotopic (exact) mass is 356 g/mol. The summed E-state index contributed by atoms with van der Waals surface area (Å²) in [5, 5.41) is 7.12. The summed E-state index contributed by atoms with van der Waals surface area (Å²) in [5.41, 5.74) is 1.85. The van der Waals surface area contributed by atoms with Gasteiger partial charge in [0.05, 0.1) is 18.2 Å². The number of hydrogen-bond donors (Lipinski definition) is 1. The predicted octanol–water partition coefficient (Wildman–Crippen LogP) is 1.35. The van der Waals surface area contributed by atoms with Crippen molar-refractivity contribution in [1.29, 1.82) is 0 Å². The number of anilines is 2. The first kappa shape index (κ1) is 17.9. The van der Waals surface area contributed by atoms with Crippen LogP contribution in [0.15, 0.2) is 24.4 Å². The highest BCUT2D eigenvalue weighted by Gasteiger charge is 2.44. The van der Waals surface area contributed by atoms with Gasteiger partial charge < -0.3 is 15.1 Å². The number of likely N-dealkylation sites (tertiary alicyclic amines) is 1. The number of carbonyl (C=O) groups is 2. The van der Waals surface area contributed by atoms with Crippen molar-refractivity contribution in [2.75, 3.05) is 31.4 Å². The van der Waals surface area contributed by atoms with Gasteiger partial charge in [0, 0.05) is 45.9 Å². The van der Waals surface area contributed by atoms with Gasteiger partial charge in [-0.05, 0) is 19.1 Å². The molecule has 3 heterocycles. The number of carbonyl (C=O) groups excluding carboxylic acids is 2. The molecule has 2 amide bonds. The van der Waals surface area contributed by atoms with E-state index < -0.39 is 5.92 Å². The third-order valence-electron chi connectivity index (χ3n) is 4.96. The van der Waals surface area contributed by atoms with Crippen LogP contribution < -0.4 is 10.2 Å². The van der Waals surface area contributed by atoms with E-state index in [0.717, 1.165) is 17.1 Å². The first-order chi connectivity index (χ1) is 12.3. The van der Waals surface area contributed by atoms with Crippen molar-refractivity contribution < 1.29 is 9.59 Å². The van der Waals surface area contributed by atoms with Crippen molar-refractivity contribution in [2.24, 2.45) is 13.0 Å². The minimum absolute atomic E-state index is 0.0478. The number of nitrogens with one attached hydrogen (secondary N) is 1. The maximum absolute atomic E-state index is 12.9. The van der Waals surface area contributed by atoms with Crippen molar-refractivity contribution in [3.63, 3.8) is 0 Å². The Morgan fingerprint density at radius 1 is 1.31 bits per heavy atom. The quantitative estimate of drug-likeness (QED) is 0.894. The molecule has 8 heteroatoms. The summed E-state index contributed by atoms with van der Waals surface area (Å²) in [6, 6.07) is 5.13. The number of pyridine rings is 1. The second-order valence-corrected chi connectivity index (χ2v) is 6.83. The van der Waals surface area contributed by atoms with Crippen LogP contribution in [0.1, 0.15) is 23.7 Å². The molecule has 1 aliphatic rings. The fourth-order valence-electron chi connectivity index (χ4n) is 3.30. The van der Waals surface area contributed by atoms with E-state index in [1.165, 1.54) is 0 Å². The topological polar surface area (TPSA) is 83.4 Å². The molecule has 1 saturated heterocycles. The summed E-state index contributed by atoms with van der Waals surface area (Å²) >= 11 is 0. The van der Waals surface area contributed by atoms with E-state index in [0.29, 0.717) is 5.82 Å². The molecule has 3 rings (SSSR count). The summed E-state index contributed by atoms with van der Waals surface area (Å²) in [6.07, 6.45) is 1.91. The van der Waals surface area contributed by atoms with Gasteiger partial charge in [-0.25, -0.2) is 4.98 Å². The van der Waals surface area contributed by atoms with Crippen molar-refractivity contribution in [3.05, 3.63) is 35.7 Å². The summed E-state index contributed by atoms with van der Waals surface area (Å²) in [4.78, 5) is 33.1. The molecule has 0 aliphatic carbocycles. The van der Waals surface area contributed by atoms with Crippen molar-refractivity contribution in [1.82, 2.24) is 19.7 Å². The number of aryl methyl sites for hydroxylation is 1. The molecule has 0 saturated carbocycles. The lowest BCUT2D eigenvalue weighted by atomic mass is 9.93. The standard InChI is InChI=1S/C18H24N6O2/c1-11-13(10-19-24(11)5)17-12(9-16(25)23(17)4)18(26)21-14-7-6-8-15(20-14)22(2)3/h6-8,10,12,17H,9H2,1-5H3,(H,20,21,26)/t12-,17-/m0/s1. The van der Waals surface area contributed by atoms with Crippen LogP contribution in [-0.4, -0.2) is 52.6 Å². The van der Waals surface area contributed by atoms with Crippen LogP contribution in [0.4, 0.5) is 11.6 Å². The van der Waals surface area contributed by atoms with Crippen LogP contribution in [0.25, 0.3) is 0 Å². The molecule has 2 aromatic heterocycles. The smallest absolute Gasteiger partial charge is 0.231 e. The zero-order chi connectivity index (χ0) is 19.0. The van der Waals surface area contributed by atoms with Crippen molar-refractivity contribution in [2.45, 2.75) is 19.4 Å². The molecule has 1 N–H and O–H groups in total. The molecule has 0 aromatic carbocycles. The van der Waals surface area contributed by atoms with Gasteiger partial charge >= 0.3 is 0 Å². The van der Waals surface area contributed by atoms with Gasteiger partial charge in [0.25, 0.3) is 0 Å². The van der Waals surface area contributed by atoms with Gasteiger partial charge in [-0.1, -0.05) is 6.07 Å². The highest BCUT2D eigenvalue weighted by Crippen LogP contribution is 2.38. The zero-order valence-electron chi connectivity index (χ0n) is 15.7.